The second-order valence-corrected chi connectivity index (χ2v) is 31.6. The molecule has 17 atom stereocenters. The van der Waals surface area contributed by atoms with Crippen LogP contribution in [0.3, 0.4) is 0 Å². The molecular weight excluding hydrogens is 1080 g/mol. The van der Waals surface area contributed by atoms with Crippen LogP contribution in [0.2, 0.25) is 18.1 Å². The first-order valence-corrected chi connectivity index (χ1v) is 34.4. The number of esters is 1. The molecule has 1 aromatic rings. The van der Waals surface area contributed by atoms with Crippen LogP contribution in [-0.2, 0) is 39.9 Å². The third kappa shape index (κ3) is 18.2. The number of cyclic esters (lactones) is 1. The van der Waals surface area contributed by atoms with E-state index < -0.39 is 110 Å². The summed E-state index contributed by atoms with van der Waals surface area (Å²) >= 11 is 0. The Hall–Kier alpha value is -4.69. The summed E-state index contributed by atoms with van der Waals surface area (Å²) in [5.41, 5.74) is 3.62. The Morgan fingerprint density at radius 3 is 2.33 bits per heavy atom. The van der Waals surface area contributed by atoms with Crippen LogP contribution in [0.25, 0.3) is 0 Å². The van der Waals surface area contributed by atoms with Crippen LogP contribution in [0.5, 0.6) is 5.75 Å². The van der Waals surface area contributed by atoms with Crippen molar-refractivity contribution in [3.63, 3.8) is 0 Å². The van der Waals surface area contributed by atoms with Crippen molar-refractivity contribution in [3.05, 3.63) is 77.9 Å². The van der Waals surface area contributed by atoms with E-state index in [0.717, 1.165) is 24.0 Å². The van der Waals surface area contributed by atoms with Crippen molar-refractivity contribution >= 4 is 37.9 Å². The van der Waals surface area contributed by atoms with E-state index in [4.69, 9.17) is 13.9 Å². The average molecular weight is 1190 g/mol. The molecule has 3 saturated heterocycles. The molecule has 0 saturated carbocycles. The van der Waals surface area contributed by atoms with Crippen molar-refractivity contribution in [1.29, 1.82) is 0 Å². The van der Waals surface area contributed by atoms with E-state index in [0.29, 0.717) is 57.1 Å². The molecule has 1 unspecified atom stereocenters. The van der Waals surface area contributed by atoms with Gasteiger partial charge in [0.25, 0.3) is 5.91 Å². The Morgan fingerprint density at radius 1 is 0.952 bits per heavy atom. The van der Waals surface area contributed by atoms with Gasteiger partial charge in [0, 0.05) is 55.4 Å². The molecule has 4 amide bonds. The largest absolute Gasteiger partial charge is 0.543 e. The Balaban J connectivity index is 1.38. The second-order valence-electron chi connectivity index (χ2n) is 26.9. The number of hydrogen-bond donors (Lipinski definition) is 8. The number of nitrogens with one attached hydrogen (secondary N) is 4. The highest BCUT2D eigenvalue weighted by atomic mass is 28.4. The predicted octanol–water partition coefficient (Wildman–Crippen LogP) is 8.91. The van der Waals surface area contributed by atoms with E-state index in [2.05, 4.69) is 62.2 Å². The lowest BCUT2D eigenvalue weighted by Gasteiger charge is -2.56. The zero-order valence-electron chi connectivity index (χ0n) is 53.4. The summed E-state index contributed by atoms with van der Waals surface area (Å²) in [6.07, 6.45) is 13.4. The summed E-state index contributed by atoms with van der Waals surface area (Å²) in [7, 11) is -2.26. The number of carbonyl (C=O) groups excluding carboxylic acids is 5. The lowest BCUT2D eigenvalue weighted by molar-refractivity contribution is -0.267. The smallest absolute Gasteiger partial charge is 0.325 e. The number of hydrogen-bond acceptors (Lipinski definition) is 13. The quantitative estimate of drug-likeness (QED) is 0.0413. The number of aliphatic hydroxyl groups excluding tert-OH is 4. The minimum absolute atomic E-state index is 0.0168. The maximum absolute atomic E-state index is 14.9. The molecular formula is C66H107N5O12Si. The number of fused-ring (bicyclic) bond motifs is 2. The molecule has 18 heteroatoms. The van der Waals surface area contributed by atoms with Gasteiger partial charge in [-0.3, -0.25) is 29.0 Å². The highest BCUT2D eigenvalue weighted by Crippen LogP contribution is 2.46. The zero-order chi connectivity index (χ0) is 62.4. The van der Waals surface area contributed by atoms with Gasteiger partial charge in [-0.1, -0.05) is 151 Å². The number of allylic oxidation sites excluding steroid dienone is 5. The van der Waals surface area contributed by atoms with Crippen LogP contribution in [-0.4, -0.2) is 130 Å². The van der Waals surface area contributed by atoms with Gasteiger partial charge in [0.1, 0.15) is 35.7 Å². The molecule has 4 aliphatic rings. The van der Waals surface area contributed by atoms with Gasteiger partial charge in [-0.05, 0) is 105 Å². The number of nitrogens with zero attached hydrogens (tertiary/aromatic N) is 1. The van der Waals surface area contributed by atoms with Gasteiger partial charge in [-0.15, -0.1) is 0 Å². The fourth-order valence-electron chi connectivity index (χ4n) is 11.9. The number of benzene rings is 1. The topological polar surface area (TPSA) is 245 Å². The van der Waals surface area contributed by atoms with Crippen molar-refractivity contribution in [1.82, 2.24) is 26.4 Å². The van der Waals surface area contributed by atoms with Crippen molar-refractivity contribution in [2.45, 2.75) is 246 Å². The summed E-state index contributed by atoms with van der Waals surface area (Å²) in [6.45, 7) is 30.1. The minimum Gasteiger partial charge on any atom is -0.543 e. The molecule has 0 aliphatic carbocycles. The van der Waals surface area contributed by atoms with E-state index in [1.807, 2.05) is 90.1 Å². The second kappa shape index (κ2) is 31.3. The van der Waals surface area contributed by atoms with Crippen molar-refractivity contribution in [3.8, 4) is 5.75 Å². The van der Waals surface area contributed by atoms with Gasteiger partial charge < -0.3 is 50.3 Å². The van der Waals surface area contributed by atoms with Crippen LogP contribution in [0.1, 0.15) is 166 Å². The molecule has 3 fully saturated rings. The first kappa shape index (κ1) is 70.1. The molecule has 8 N–H and O–H groups in total. The van der Waals surface area contributed by atoms with Crippen molar-refractivity contribution < 1.29 is 58.3 Å². The lowest BCUT2D eigenvalue weighted by atomic mass is 9.69. The van der Waals surface area contributed by atoms with Gasteiger partial charge >= 0.3 is 5.97 Å². The SMILES string of the molecule is CCCCC1C(=O)N[C@@H](C(C)C)C(=O)N[C@@H](Cc2cccc(O[Si](C)(C)C(C)(C)C)c2)C(=O)N2CCC[C@H](N2)C(=O)O[C@H](/C(C)=C/C=C/CC[C@H](C)[C@@H](O)C[C@@H]2O[C@@]3(NC(=O)[C@@H](CC)C[C@@H]3C)[C@@H](C)[C@@H](O)[C@H]2C)C/C=C/C=C/[C@H](O)[C@H](C)[C@H]1O. The van der Waals surface area contributed by atoms with Gasteiger partial charge in [-0.2, -0.15) is 0 Å². The third-order valence-electron chi connectivity index (χ3n) is 19.1. The molecule has 1 aromatic carbocycles. The van der Waals surface area contributed by atoms with E-state index in [9.17, 15) is 44.4 Å². The van der Waals surface area contributed by atoms with Crippen LogP contribution >= 0.6 is 0 Å². The number of unbranched alkanes of at least 4 members (excludes halogenated alkanes) is 1. The predicted molar refractivity (Wildman–Crippen MR) is 331 cm³/mol. The van der Waals surface area contributed by atoms with E-state index in [1.54, 1.807) is 39.0 Å². The normalized spacial score (nSPS) is 33.7. The van der Waals surface area contributed by atoms with E-state index in [1.165, 1.54) is 5.01 Å². The summed E-state index contributed by atoms with van der Waals surface area (Å²) < 4.78 is 19.7. The van der Waals surface area contributed by atoms with Crippen LogP contribution < -0.4 is 25.8 Å². The number of carbonyl (C=O) groups is 5. The summed E-state index contributed by atoms with van der Waals surface area (Å²) in [4.78, 5) is 71.2. The van der Waals surface area contributed by atoms with Crippen molar-refractivity contribution in [2.24, 2.45) is 47.3 Å². The average Bonchev–Trinajstić information content (AvgIpc) is 1.31. The lowest BCUT2D eigenvalue weighted by Crippen LogP contribution is -2.71. The Kier molecular flexibility index (Phi) is 26.1. The van der Waals surface area contributed by atoms with Crippen LogP contribution in [0.15, 0.2) is 72.4 Å². The molecule has 472 valence electrons. The molecule has 1 spiro atoms. The monoisotopic (exact) mass is 1190 g/mol. The fourth-order valence-corrected chi connectivity index (χ4v) is 12.9. The number of hydrazine groups is 1. The maximum Gasteiger partial charge on any atom is 0.325 e. The third-order valence-corrected chi connectivity index (χ3v) is 23.5. The number of aliphatic hydroxyl groups is 4. The Bertz CT molecular complexity index is 2480. The zero-order valence-corrected chi connectivity index (χ0v) is 54.4. The molecule has 0 aromatic heterocycles. The molecule has 5 rings (SSSR count). The van der Waals surface area contributed by atoms with Gasteiger partial charge in [0.05, 0.1) is 36.4 Å². The number of piperidine rings is 1. The molecule has 4 aliphatic heterocycles. The molecule has 0 radical (unpaired) electrons. The molecule has 17 nitrogen and oxygen atoms in total. The standard InChI is InChI=1S/C66H107N5O12Si/c1-16-18-31-50-59(75)44(8)53(72)33-23-20-24-34-55(42(6)28-22-19-21-27-41(5)54(73)39-56-45(9)58(74)46(10)66(82-56)43(7)36-48(17-2)60(76)69-66)81-64(80)51-32-26-35-71(70-51)63(79)52(67-62(78)57(40(3)4)68-61(50)77)38-47-29-25-30-49(37-47)83-84(14,15)65(11,12)13/h19-20,22-25,28-30,33,37,40-41,43-46,48,50-59,70,72-75H,16-18,21,26-27,31-32,34-36,38-39H2,1-15H3,(H,67,78)(H,68,77)(H,69,76)/b22-19+,24-20+,33-23+,42-28+/t41-,43-,44-,45-,46-,48-,50?,51-,52-,53-,54-,55-,56-,57-,58-,59+,66+/m0/s1. The molecule has 84 heavy (non-hydrogen) atoms. The number of ether oxygens (including phenoxy) is 2. The fraction of sp³-hybridized carbons (Fsp3) is 0.712. The highest BCUT2D eigenvalue weighted by Gasteiger charge is 2.57. The van der Waals surface area contributed by atoms with Gasteiger partial charge in [0.15, 0.2) is 0 Å². The van der Waals surface area contributed by atoms with Gasteiger partial charge in [-0.25, -0.2) is 5.43 Å². The minimum atomic E-state index is -2.26. The first-order chi connectivity index (χ1) is 39.5. The Labute approximate surface area is 503 Å². The molecule has 4 heterocycles. The van der Waals surface area contributed by atoms with E-state index >= 15 is 0 Å². The first-order valence-electron chi connectivity index (χ1n) is 31.5. The van der Waals surface area contributed by atoms with E-state index in [-0.39, 0.29) is 59.9 Å². The Morgan fingerprint density at radius 2 is 1.67 bits per heavy atom. The summed E-state index contributed by atoms with van der Waals surface area (Å²) in [6, 6.07) is 4.38. The number of amides is 4. The van der Waals surface area contributed by atoms with Crippen molar-refractivity contribution in [2.75, 3.05) is 6.54 Å². The van der Waals surface area contributed by atoms with Crippen LogP contribution in [0, 0.1) is 47.3 Å². The molecule has 2 bridgehead atoms. The summed E-state index contributed by atoms with van der Waals surface area (Å²) in [5, 5.41) is 56.5. The highest BCUT2D eigenvalue weighted by molar-refractivity contribution is 6.74. The summed E-state index contributed by atoms with van der Waals surface area (Å²) in [5.74, 6) is -4.49. The number of rotatable bonds is 17. The van der Waals surface area contributed by atoms with Crippen LogP contribution in [0.4, 0.5) is 0 Å². The maximum atomic E-state index is 14.9. The van der Waals surface area contributed by atoms with Gasteiger partial charge in [0.2, 0.25) is 26.0 Å².